The summed E-state index contributed by atoms with van der Waals surface area (Å²) in [7, 11) is 0. The van der Waals surface area contributed by atoms with Gasteiger partial charge in [0, 0.05) is 29.8 Å². The Bertz CT molecular complexity index is 502. The Labute approximate surface area is 137 Å². The molecule has 0 saturated heterocycles. The topological polar surface area (TPSA) is 36.8 Å². The van der Waals surface area contributed by atoms with Gasteiger partial charge in [0.25, 0.3) is 0 Å². The Morgan fingerprint density at radius 2 is 1.71 bits per heavy atom. The molecular weight excluding hydrogens is 305 g/mol. The van der Waals surface area contributed by atoms with Crippen LogP contribution in [-0.2, 0) is 6.54 Å². The first kappa shape index (κ1) is 15.6. The fourth-order valence-electron chi connectivity index (χ4n) is 5.48. The SMILES string of the molecule is OC12CC3CC(C1)CC([NH2+]Cc1ccc(Cl)cc1)(C3)C2.[Cl-]. The Hall–Kier alpha value is -0.280. The third-order valence-corrected chi connectivity index (χ3v) is 6.01. The predicted molar refractivity (Wildman–Crippen MR) is 79.4 cm³/mol. The lowest BCUT2D eigenvalue weighted by Crippen LogP contribution is -3.00. The highest BCUT2D eigenvalue weighted by Crippen LogP contribution is 2.56. The minimum Gasteiger partial charge on any atom is -1.00 e. The van der Waals surface area contributed by atoms with E-state index in [9.17, 15) is 5.11 Å². The van der Waals surface area contributed by atoms with Crippen molar-refractivity contribution in [2.45, 2.75) is 56.2 Å². The maximum Gasteiger partial charge on any atom is 0.102 e. The molecule has 4 aliphatic rings. The number of nitrogens with two attached hydrogens (primary N) is 1. The van der Waals surface area contributed by atoms with Gasteiger partial charge in [-0.05, 0) is 43.2 Å². The molecule has 1 aromatic carbocycles. The molecule has 4 bridgehead atoms. The minimum atomic E-state index is -0.347. The minimum absolute atomic E-state index is 0. The van der Waals surface area contributed by atoms with Crippen LogP contribution in [0.25, 0.3) is 0 Å². The molecule has 0 radical (unpaired) electrons. The molecule has 21 heavy (non-hydrogen) atoms. The lowest BCUT2D eigenvalue weighted by molar-refractivity contribution is -0.754. The van der Waals surface area contributed by atoms with E-state index in [1.54, 1.807) is 0 Å². The number of aliphatic hydroxyl groups is 1. The lowest BCUT2D eigenvalue weighted by Gasteiger charge is -2.58. The fourth-order valence-corrected chi connectivity index (χ4v) is 5.60. The van der Waals surface area contributed by atoms with Crippen molar-refractivity contribution in [3.8, 4) is 0 Å². The van der Waals surface area contributed by atoms with Crippen LogP contribution in [0, 0.1) is 11.8 Å². The standard InChI is InChI=1S/C17H22ClNO.ClH/c18-15-3-1-12(2-4-15)10-19-16-6-13-5-14(7-16)9-17(20,8-13)11-16;/h1-4,13-14,19-20H,5-11H2;1H. The lowest BCUT2D eigenvalue weighted by atomic mass is 9.51. The van der Waals surface area contributed by atoms with Crippen LogP contribution in [0.1, 0.15) is 44.1 Å². The monoisotopic (exact) mass is 327 g/mol. The van der Waals surface area contributed by atoms with Gasteiger partial charge in [-0.15, -0.1) is 0 Å². The van der Waals surface area contributed by atoms with Crippen molar-refractivity contribution in [1.29, 1.82) is 0 Å². The number of rotatable bonds is 3. The van der Waals surface area contributed by atoms with E-state index >= 15 is 0 Å². The Morgan fingerprint density at radius 1 is 1.10 bits per heavy atom. The molecule has 3 N–H and O–H groups in total. The van der Waals surface area contributed by atoms with Crippen LogP contribution >= 0.6 is 11.6 Å². The molecule has 4 aliphatic carbocycles. The van der Waals surface area contributed by atoms with Crippen LogP contribution in [0.5, 0.6) is 0 Å². The summed E-state index contributed by atoms with van der Waals surface area (Å²) >= 11 is 5.94. The fraction of sp³-hybridized carbons (Fsp3) is 0.647. The van der Waals surface area contributed by atoms with E-state index in [-0.39, 0.29) is 18.0 Å². The summed E-state index contributed by atoms with van der Waals surface area (Å²) in [6.07, 6.45) is 7.08. The first-order valence-corrected chi connectivity index (χ1v) is 8.23. The van der Waals surface area contributed by atoms with Gasteiger partial charge in [-0.25, -0.2) is 0 Å². The van der Waals surface area contributed by atoms with E-state index in [2.05, 4.69) is 17.4 Å². The Morgan fingerprint density at radius 3 is 2.29 bits per heavy atom. The Balaban J connectivity index is 0.00000132. The summed E-state index contributed by atoms with van der Waals surface area (Å²) in [5.74, 6) is 1.53. The van der Waals surface area contributed by atoms with Crippen LogP contribution in [-0.4, -0.2) is 16.2 Å². The van der Waals surface area contributed by atoms with Gasteiger partial charge < -0.3 is 22.8 Å². The molecule has 2 atom stereocenters. The summed E-state index contributed by atoms with van der Waals surface area (Å²) in [4.78, 5) is 0. The zero-order valence-corrected chi connectivity index (χ0v) is 13.7. The molecule has 1 aromatic rings. The number of hydrogen-bond donors (Lipinski definition) is 2. The highest BCUT2D eigenvalue weighted by atomic mass is 35.5. The first-order chi connectivity index (χ1) is 9.54. The van der Waals surface area contributed by atoms with Crippen LogP contribution in [0.4, 0.5) is 0 Å². The molecule has 0 spiro atoms. The van der Waals surface area contributed by atoms with Crippen molar-refractivity contribution < 1.29 is 22.8 Å². The van der Waals surface area contributed by atoms with Crippen LogP contribution in [0.15, 0.2) is 24.3 Å². The van der Waals surface area contributed by atoms with Crippen LogP contribution < -0.4 is 17.7 Å². The largest absolute Gasteiger partial charge is 1.00 e. The van der Waals surface area contributed by atoms with Crippen molar-refractivity contribution in [1.82, 2.24) is 0 Å². The molecule has 0 heterocycles. The molecule has 4 heteroatoms. The van der Waals surface area contributed by atoms with Gasteiger partial charge in [0.1, 0.15) is 6.54 Å². The summed E-state index contributed by atoms with van der Waals surface area (Å²) in [6, 6.07) is 8.18. The molecule has 0 aliphatic heterocycles. The molecule has 4 saturated carbocycles. The van der Waals surface area contributed by atoms with Gasteiger partial charge >= 0.3 is 0 Å². The highest BCUT2D eigenvalue weighted by Gasteiger charge is 2.59. The van der Waals surface area contributed by atoms with Crippen molar-refractivity contribution in [3.63, 3.8) is 0 Å². The zero-order valence-electron chi connectivity index (χ0n) is 12.2. The van der Waals surface area contributed by atoms with Crippen LogP contribution in [0.3, 0.4) is 0 Å². The summed E-state index contributed by atoms with van der Waals surface area (Å²) in [5, 5.41) is 14.1. The van der Waals surface area contributed by atoms with E-state index in [1.807, 2.05) is 12.1 Å². The maximum atomic E-state index is 10.8. The molecule has 2 nitrogen and oxygen atoms in total. The van der Waals surface area contributed by atoms with E-state index < -0.39 is 0 Å². The number of benzene rings is 1. The predicted octanol–water partition coefficient (Wildman–Crippen LogP) is -0.509. The van der Waals surface area contributed by atoms with E-state index in [4.69, 9.17) is 11.6 Å². The van der Waals surface area contributed by atoms with Gasteiger partial charge in [-0.2, -0.15) is 0 Å². The number of halogens is 2. The first-order valence-electron chi connectivity index (χ1n) is 7.86. The second-order valence-electron chi connectivity index (χ2n) is 7.58. The maximum absolute atomic E-state index is 10.8. The van der Waals surface area contributed by atoms with Crippen molar-refractivity contribution >= 4 is 11.6 Å². The van der Waals surface area contributed by atoms with E-state index in [0.29, 0.717) is 5.54 Å². The normalized spacial score (nSPS) is 40.1. The van der Waals surface area contributed by atoms with E-state index in [0.717, 1.165) is 42.7 Å². The molecule has 4 fully saturated rings. The quantitative estimate of drug-likeness (QED) is 0.771. The van der Waals surface area contributed by atoms with E-state index in [1.165, 1.54) is 24.8 Å². The second-order valence-corrected chi connectivity index (χ2v) is 8.02. The molecule has 0 aromatic heterocycles. The molecular formula is C17H23Cl2NO. The van der Waals surface area contributed by atoms with Gasteiger partial charge in [-0.3, -0.25) is 0 Å². The third-order valence-electron chi connectivity index (χ3n) is 5.76. The van der Waals surface area contributed by atoms with Crippen LogP contribution in [0.2, 0.25) is 5.02 Å². The summed E-state index contributed by atoms with van der Waals surface area (Å²) in [5.41, 5.74) is 1.29. The summed E-state index contributed by atoms with van der Waals surface area (Å²) < 4.78 is 0. The van der Waals surface area contributed by atoms with Gasteiger partial charge in [0.05, 0.1) is 11.1 Å². The Kier molecular flexibility index (Phi) is 4.03. The van der Waals surface area contributed by atoms with Gasteiger partial charge in [-0.1, -0.05) is 23.7 Å². The molecule has 5 rings (SSSR count). The summed E-state index contributed by atoms with van der Waals surface area (Å²) in [6.45, 7) is 1.01. The molecule has 116 valence electrons. The van der Waals surface area contributed by atoms with Crippen molar-refractivity contribution in [2.24, 2.45) is 11.8 Å². The average molecular weight is 328 g/mol. The van der Waals surface area contributed by atoms with Crippen molar-refractivity contribution in [3.05, 3.63) is 34.9 Å². The second kappa shape index (κ2) is 5.42. The third kappa shape index (κ3) is 2.96. The average Bonchev–Trinajstić information content (AvgIpc) is 2.35. The number of quaternary nitrogens is 1. The molecule has 2 unspecified atom stereocenters. The molecule has 0 amide bonds. The zero-order chi connectivity index (χ0) is 13.8. The van der Waals surface area contributed by atoms with Crippen molar-refractivity contribution in [2.75, 3.05) is 0 Å². The highest BCUT2D eigenvalue weighted by molar-refractivity contribution is 6.30. The smallest absolute Gasteiger partial charge is 0.102 e. The van der Waals surface area contributed by atoms with Gasteiger partial charge in [0.2, 0.25) is 0 Å². The van der Waals surface area contributed by atoms with Gasteiger partial charge in [0.15, 0.2) is 0 Å². The number of hydrogen-bond acceptors (Lipinski definition) is 1.